The molecule has 0 unspecified atom stereocenters. The molecule has 0 aliphatic rings. The first-order chi connectivity index (χ1) is 9.58. The van der Waals surface area contributed by atoms with E-state index < -0.39 is 15.8 Å². The van der Waals surface area contributed by atoms with Crippen molar-refractivity contribution in [2.24, 2.45) is 0 Å². The third-order valence-corrected chi connectivity index (χ3v) is 4.09. The molecule has 0 bridgehead atoms. The number of anilines is 1. The molecule has 106 valence electrons. The molecule has 0 radical (unpaired) electrons. The van der Waals surface area contributed by atoms with E-state index in [4.69, 9.17) is 0 Å². The van der Waals surface area contributed by atoms with Gasteiger partial charge in [-0.25, -0.2) is 17.5 Å². The van der Waals surface area contributed by atoms with Crippen LogP contribution < -0.4 is 10.0 Å². The van der Waals surface area contributed by atoms with Crippen molar-refractivity contribution in [3.8, 4) is 0 Å². The summed E-state index contributed by atoms with van der Waals surface area (Å²) in [6.07, 6.45) is 0. The number of sulfonamides is 1. The summed E-state index contributed by atoms with van der Waals surface area (Å²) in [6, 6.07) is 14.4. The van der Waals surface area contributed by atoms with Gasteiger partial charge < -0.3 is 5.32 Å². The van der Waals surface area contributed by atoms with Gasteiger partial charge in [0, 0.05) is 18.8 Å². The number of hydrogen-bond donors (Lipinski definition) is 2. The Hall–Kier alpha value is -1.92. The summed E-state index contributed by atoms with van der Waals surface area (Å²) in [4.78, 5) is -0.0720. The topological polar surface area (TPSA) is 58.2 Å². The molecule has 0 fully saturated rings. The van der Waals surface area contributed by atoms with Gasteiger partial charge in [0.2, 0.25) is 10.0 Å². The van der Waals surface area contributed by atoms with Gasteiger partial charge in [0.1, 0.15) is 5.82 Å². The summed E-state index contributed by atoms with van der Waals surface area (Å²) in [5.74, 6) is -0.574. The number of para-hydroxylation sites is 1. The normalized spacial score (nSPS) is 11.2. The largest absolute Gasteiger partial charge is 0.384 e. The molecule has 2 aromatic carbocycles. The molecule has 0 heterocycles. The summed E-state index contributed by atoms with van der Waals surface area (Å²) >= 11 is 0. The van der Waals surface area contributed by atoms with E-state index in [0.29, 0.717) is 6.54 Å². The lowest BCUT2D eigenvalue weighted by molar-refractivity contribution is 0.579. The van der Waals surface area contributed by atoms with E-state index in [-0.39, 0.29) is 11.4 Å². The van der Waals surface area contributed by atoms with Crippen molar-refractivity contribution >= 4 is 15.7 Å². The molecule has 20 heavy (non-hydrogen) atoms. The Balaban J connectivity index is 1.87. The average Bonchev–Trinajstić information content (AvgIpc) is 2.45. The predicted molar refractivity (Wildman–Crippen MR) is 76.5 cm³/mol. The number of halogens is 1. The zero-order valence-corrected chi connectivity index (χ0v) is 11.5. The van der Waals surface area contributed by atoms with E-state index in [2.05, 4.69) is 10.0 Å². The molecular weight excluding hydrogens is 279 g/mol. The maximum atomic E-state index is 13.0. The standard InChI is InChI=1S/C14H15FN2O2S/c15-12-5-4-8-14(11-12)20(18,19)17-10-9-16-13-6-2-1-3-7-13/h1-8,11,16-17H,9-10H2. The van der Waals surface area contributed by atoms with Crippen LogP contribution in [0.5, 0.6) is 0 Å². The second-order valence-electron chi connectivity index (χ2n) is 4.15. The van der Waals surface area contributed by atoms with Gasteiger partial charge >= 0.3 is 0 Å². The van der Waals surface area contributed by atoms with Crippen molar-refractivity contribution in [2.45, 2.75) is 4.90 Å². The molecule has 0 aromatic heterocycles. The van der Waals surface area contributed by atoms with Crippen molar-refractivity contribution in [1.29, 1.82) is 0 Å². The summed E-state index contributed by atoms with van der Waals surface area (Å²) < 4.78 is 39.2. The van der Waals surface area contributed by atoms with Gasteiger partial charge in [-0.1, -0.05) is 24.3 Å². The zero-order chi connectivity index (χ0) is 14.4. The number of hydrogen-bond acceptors (Lipinski definition) is 3. The van der Waals surface area contributed by atoms with Crippen molar-refractivity contribution < 1.29 is 12.8 Å². The van der Waals surface area contributed by atoms with E-state index in [9.17, 15) is 12.8 Å². The molecule has 0 spiro atoms. The van der Waals surface area contributed by atoms with E-state index in [1.807, 2.05) is 30.3 Å². The Morgan fingerprint density at radius 3 is 2.40 bits per heavy atom. The Morgan fingerprint density at radius 1 is 0.950 bits per heavy atom. The Labute approximate surface area is 117 Å². The Morgan fingerprint density at radius 2 is 1.70 bits per heavy atom. The van der Waals surface area contributed by atoms with Crippen LogP contribution in [-0.4, -0.2) is 21.5 Å². The molecule has 2 N–H and O–H groups in total. The van der Waals surface area contributed by atoms with Gasteiger partial charge in [-0.2, -0.15) is 0 Å². The van der Waals surface area contributed by atoms with E-state index in [1.165, 1.54) is 18.2 Å². The first-order valence-corrected chi connectivity index (χ1v) is 7.60. The highest BCUT2D eigenvalue weighted by molar-refractivity contribution is 7.89. The van der Waals surface area contributed by atoms with Crippen molar-refractivity contribution in [2.75, 3.05) is 18.4 Å². The molecule has 0 atom stereocenters. The fraction of sp³-hybridized carbons (Fsp3) is 0.143. The third kappa shape index (κ3) is 4.04. The van der Waals surface area contributed by atoms with Crippen LogP contribution >= 0.6 is 0 Å². The lowest BCUT2D eigenvalue weighted by Crippen LogP contribution is -2.29. The molecule has 0 aliphatic heterocycles. The van der Waals surface area contributed by atoms with Crippen LogP contribution in [0.3, 0.4) is 0 Å². The fourth-order valence-corrected chi connectivity index (χ4v) is 2.73. The SMILES string of the molecule is O=S(=O)(NCCNc1ccccc1)c1cccc(F)c1. The zero-order valence-electron chi connectivity index (χ0n) is 10.7. The lowest BCUT2D eigenvalue weighted by Gasteiger charge is -2.08. The first-order valence-electron chi connectivity index (χ1n) is 6.12. The van der Waals surface area contributed by atoms with Gasteiger partial charge in [0.25, 0.3) is 0 Å². The van der Waals surface area contributed by atoms with E-state index >= 15 is 0 Å². The first kappa shape index (κ1) is 14.5. The predicted octanol–water partition coefficient (Wildman–Crippen LogP) is 2.22. The van der Waals surface area contributed by atoms with Crippen LogP contribution in [0.2, 0.25) is 0 Å². The molecular formula is C14H15FN2O2S. The lowest BCUT2D eigenvalue weighted by atomic mass is 10.3. The summed E-state index contributed by atoms with van der Waals surface area (Å²) in [6.45, 7) is 0.659. The molecule has 2 aromatic rings. The van der Waals surface area contributed by atoms with Crippen LogP contribution in [0.25, 0.3) is 0 Å². The highest BCUT2D eigenvalue weighted by Gasteiger charge is 2.13. The van der Waals surface area contributed by atoms with Gasteiger partial charge in [-0.05, 0) is 30.3 Å². The molecule has 2 rings (SSSR count). The van der Waals surface area contributed by atoms with Crippen molar-refractivity contribution in [3.63, 3.8) is 0 Å². The molecule has 0 amide bonds. The average molecular weight is 294 g/mol. The number of benzene rings is 2. The second kappa shape index (κ2) is 6.49. The molecule has 0 aliphatic carbocycles. The Kier molecular flexibility index (Phi) is 4.70. The maximum Gasteiger partial charge on any atom is 0.240 e. The van der Waals surface area contributed by atoms with Crippen molar-refractivity contribution in [1.82, 2.24) is 4.72 Å². The monoisotopic (exact) mass is 294 g/mol. The Bertz CT molecular complexity index is 660. The third-order valence-electron chi connectivity index (χ3n) is 2.63. The van der Waals surface area contributed by atoms with Crippen LogP contribution in [-0.2, 0) is 10.0 Å². The van der Waals surface area contributed by atoms with Crippen LogP contribution in [0.4, 0.5) is 10.1 Å². The minimum absolute atomic E-state index is 0.0720. The maximum absolute atomic E-state index is 13.0. The van der Waals surface area contributed by atoms with Gasteiger partial charge in [0.15, 0.2) is 0 Å². The fourth-order valence-electron chi connectivity index (χ4n) is 1.67. The van der Waals surface area contributed by atoms with Gasteiger partial charge in [-0.3, -0.25) is 0 Å². The highest BCUT2D eigenvalue weighted by atomic mass is 32.2. The summed E-state index contributed by atoms with van der Waals surface area (Å²) in [5.41, 5.74) is 0.914. The summed E-state index contributed by atoms with van der Waals surface area (Å²) in [7, 11) is -3.67. The number of rotatable bonds is 6. The van der Waals surface area contributed by atoms with Crippen molar-refractivity contribution in [3.05, 3.63) is 60.4 Å². The van der Waals surface area contributed by atoms with Crippen LogP contribution in [0, 0.1) is 5.82 Å². The van der Waals surface area contributed by atoms with E-state index in [1.54, 1.807) is 0 Å². The highest BCUT2D eigenvalue weighted by Crippen LogP contribution is 2.10. The molecule has 0 saturated carbocycles. The minimum Gasteiger partial charge on any atom is -0.384 e. The van der Waals surface area contributed by atoms with Gasteiger partial charge in [0.05, 0.1) is 4.90 Å². The van der Waals surface area contributed by atoms with Crippen LogP contribution in [0.1, 0.15) is 0 Å². The summed E-state index contributed by atoms with van der Waals surface area (Å²) in [5, 5.41) is 3.08. The molecule has 0 saturated heterocycles. The minimum atomic E-state index is -3.67. The molecule has 4 nitrogen and oxygen atoms in total. The quantitative estimate of drug-likeness (QED) is 0.803. The van der Waals surface area contributed by atoms with E-state index in [0.717, 1.165) is 11.8 Å². The van der Waals surface area contributed by atoms with Crippen LogP contribution in [0.15, 0.2) is 59.5 Å². The smallest absolute Gasteiger partial charge is 0.240 e. The number of nitrogens with one attached hydrogen (secondary N) is 2. The van der Waals surface area contributed by atoms with Gasteiger partial charge in [-0.15, -0.1) is 0 Å². The molecule has 6 heteroatoms. The second-order valence-corrected chi connectivity index (χ2v) is 5.91.